The summed E-state index contributed by atoms with van der Waals surface area (Å²) >= 11 is 0. The second-order valence-electron chi connectivity index (χ2n) is 3.02. The summed E-state index contributed by atoms with van der Waals surface area (Å²) in [6.45, 7) is 0. The van der Waals surface area contributed by atoms with Gasteiger partial charge in [-0.2, -0.15) is 9.78 Å². The highest BCUT2D eigenvalue weighted by Crippen LogP contribution is 2.18. The van der Waals surface area contributed by atoms with Crippen LogP contribution >= 0.6 is 0 Å². The van der Waals surface area contributed by atoms with Crippen LogP contribution in [0.3, 0.4) is 0 Å². The summed E-state index contributed by atoms with van der Waals surface area (Å²) in [6.07, 6.45) is 4.48. The third kappa shape index (κ3) is 1.93. The summed E-state index contributed by atoms with van der Waals surface area (Å²) in [5.74, 6) is 0.488. The van der Waals surface area contributed by atoms with Crippen LogP contribution in [0.4, 0.5) is 0 Å². The van der Waals surface area contributed by atoms with Crippen molar-refractivity contribution < 1.29 is 9.47 Å². The van der Waals surface area contributed by atoms with Crippen molar-refractivity contribution in [3.8, 4) is 5.95 Å². The topological polar surface area (TPSA) is 62.1 Å². The van der Waals surface area contributed by atoms with E-state index in [-0.39, 0.29) is 0 Å². The molecule has 84 valence electrons. The van der Waals surface area contributed by atoms with E-state index >= 15 is 0 Å². The minimum absolute atomic E-state index is 0.480. The van der Waals surface area contributed by atoms with Gasteiger partial charge >= 0.3 is 0 Å². The number of ether oxygens (including phenoxy) is 2. The van der Waals surface area contributed by atoms with Crippen LogP contribution in [0, 0.1) is 0 Å². The quantitative estimate of drug-likeness (QED) is 0.718. The highest BCUT2D eigenvalue weighted by Gasteiger charge is 2.16. The first kappa shape index (κ1) is 10.7. The zero-order chi connectivity index (χ0) is 11.4. The van der Waals surface area contributed by atoms with Crippen molar-refractivity contribution in [2.75, 3.05) is 14.2 Å². The summed E-state index contributed by atoms with van der Waals surface area (Å²) in [5, 5.41) is 4.13. The second-order valence-corrected chi connectivity index (χ2v) is 3.02. The Bertz CT molecular complexity index is 439. The maximum absolute atomic E-state index is 5.17. The van der Waals surface area contributed by atoms with Crippen LogP contribution < -0.4 is 0 Å². The summed E-state index contributed by atoms with van der Waals surface area (Å²) in [5.41, 5.74) is 0.746. The van der Waals surface area contributed by atoms with Crippen molar-refractivity contribution in [3.05, 3.63) is 36.4 Å². The van der Waals surface area contributed by atoms with Crippen LogP contribution in [-0.4, -0.2) is 34.0 Å². The van der Waals surface area contributed by atoms with Crippen molar-refractivity contribution >= 4 is 0 Å². The molecule has 0 radical (unpaired) electrons. The maximum Gasteiger partial charge on any atom is 0.250 e. The second kappa shape index (κ2) is 4.82. The Hall–Kier alpha value is -1.79. The van der Waals surface area contributed by atoms with E-state index in [1.807, 2.05) is 0 Å². The van der Waals surface area contributed by atoms with E-state index in [0.717, 1.165) is 5.69 Å². The number of rotatable bonds is 4. The number of hydrogen-bond acceptors (Lipinski definition) is 5. The van der Waals surface area contributed by atoms with E-state index in [1.165, 1.54) is 0 Å². The molecule has 6 nitrogen and oxygen atoms in total. The predicted molar refractivity (Wildman–Crippen MR) is 55.9 cm³/mol. The lowest BCUT2D eigenvalue weighted by molar-refractivity contribution is -0.110. The predicted octanol–water partition coefficient (Wildman–Crippen LogP) is 0.954. The van der Waals surface area contributed by atoms with Gasteiger partial charge in [-0.3, -0.25) is 0 Å². The van der Waals surface area contributed by atoms with Crippen molar-refractivity contribution in [2.24, 2.45) is 0 Å². The van der Waals surface area contributed by atoms with Crippen molar-refractivity contribution in [3.63, 3.8) is 0 Å². The van der Waals surface area contributed by atoms with Gasteiger partial charge in [0, 0.05) is 32.8 Å². The molecule has 0 spiro atoms. The number of nitrogens with zero attached hydrogens (tertiary/aromatic N) is 4. The van der Waals surface area contributed by atoms with Gasteiger partial charge in [0.25, 0.3) is 5.95 Å². The largest absolute Gasteiger partial charge is 0.350 e. The molecule has 0 fully saturated rings. The highest BCUT2D eigenvalue weighted by molar-refractivity contribution is 5.16. The lowest BCUT2D eigenvalue weighted by Gasteiger charge is -2.14. The smallest absolute Gasteiger partial charge is 0.250 e. The van der Waals surface area contributed by atoms with Gasteiger partial charge in [-0.1, -0.05) is 0 Å². The minimum Gasteiger partial charge on any atom is -0.350 e. The third-order valence-corrected chi connectivity index (χ3v) is 2.08. The molecule has 0 saturated heterocycles. The van der Waals surface area contributed by atoms with E-state index in [4.69, 9.17) is 9.47 Å². The standard InChI is InChI=1S/C10H12N4O2/c1-15-9(16-2)8-4-7-13-14(8)10-11-5-3-6-12-10/h3-7,9H,1-2H3. The molecule has 0 aliphatic heterocycles. The Kier molecular flexibility index (Phi) is 3.23. The van der Waals surface area contributed by atoms with Crippen molar-refractivity contribution in [1.82, 2.24) is 19.7 Å². The Morgan fingerprint density at radius 1 is 1.12 bits per heavy atom. The van der Waals surface area contributed by atoms with E-state index in [9.17, 15) is 0 Å². The molecule has 0 saturated carbocycles. The molecule has 2 aromatic heterocycles. The minimum atomic E-state index is -0.480. The molecule has 2 heterocycles. The maximum atomic E-state index is 5.17. The summed E-state index contributed by atoms with van der Waals surface area (Å²) < 4.78 is 11.9. The lowest BCUT2D eigenvalue weighted by Crippen LogP contribution is -2.12. The molecule has 0 amide bonds. The molecule has 2 aromatic rings. The monoisotopic (exact) mass is 220 g/mol. The molecule has 0 bridgehead atoms. The summed E-state index contributed by atoms with van der Waals surface area (Å²) in [6, 6.07) is 3.55. The first-order chi connectivity index (χ1) is 7.86. The SMILES string of the molecule is COC(OC)c1ccnn1-c1ncccn1. The first-order valence-electron chi connectivity index (χ1n) is 4.73. The van der Waals surface area contributed by atoms with Crippen LogP contribution in [-0.2, 0) is 9.47 Å². The number of aromatic nitrogens is 4. The molecular formula is C10H12N4O2. The fourth-order valence-electron chi connectivity index (χ4n) is 1.40. The fraction of sp³-hybridized carbons (Fsp3) is 0.300. The van der Waals surface area contributed by atoms with Gasteiger partial charge in [0.1, 0.15) is 5.69 Å². The zero-order valence-corrected chi connectivity index (χ0v) is 9.07. The Morgan fingerprint density at radius 3 is 2.44 bits per heavy atom. The van der Waals surface area contributed by atoms with Gasteiger partial charge in [0.05, 0.1) is 0 Å². The van der Waals surface area contributed by atoms with Crippen molar-refractivity contribution in [2.45, 2.75) is 6.29 Å². The van der Waals surface area contributed by atoms with E-state index in [2.05, 4.69) is 15.1 Å². The van der Waals surface area contributed by atoms with Crippen LogP contribution in [0.25, 0.3) is 5.95 Å². The van der Waals surface area contributed by atoms with Gasteiger partial charge in [0.2, 0.25) is 6.29 Å². The van der Waals surface area contributed by atoms with Crippen LogP contribution in [0.1, 0.15) is 12.0 Å². The number of hydrogen-bond donors (Lipinski definition) is 0. The molecule has 0 N–H and O–H groups in total. The first-order valence-corrected chi connectivity index (χ1v) is 4.73. The average molecular weight is 220 g/mol. The molecule has 0 aromatic carbocycles. The zero-order valence-electron chi connectivity index (χ0n) is 9.07. The molecule has 2 rings (SSSR count). The summed E-state index contributed by atoms with van der Waals surface area (Å²) in [7, 11) is 3.13. The van der Waals surface area contributed by atoms with Crippen LogP contribution in [0.2, 0.25) is 0 Å². The Morgan fingerprint density at radius 2 is 1.81 bits per heavy atom. The molecule has 0 atom stereocenters. The van der Waals surface area contributed by atoms with Gasteiger partial charge in [0.15, 0.2) is 0 Å². The molecular weight excluding hydrogens is 208 g/mol. The normalized spacial score (nSPS) is 10.9. The van der Waals surface area contributed by atoms with E-state index in [0.29, 0.717) is 5.95 Å². The number of methoxy groups -OCH3 is 2. The lowest BCUT2D eigenvalue weighted by atomic mass is 10.4. The van der Waals surface area contributed by atoms with Gasteiger partial charge in [-0.15, -0.1) is 0 Å². The molecule has 0 unspecified atom stereocenters. The van der Waals surface area contributed by atoms with Gasteiger partial charge in [-0.25, -0.2) is 9.97 Å². The van der Waals surface area contributed by atoms with Gasteiger partial charge < -0.3 is 9.47 Å². The third-order valence-electron chi connectivity index (χ3n) is 2.08. The fourth-order valence-corrected chi connectivity index (χ4v) is 1.40. The van der Waals surface area contributed by atoms with Gasteiger partial charge in [-0.05, 0) is 12.1 Å². The van der Waals surface area contributed by atoms with E-state index in [1.54, 1.807) is 49.6 Å². The van der Waals surface area contributed by atoms with E-state index < -0.39 is 6.29 Å². The van der Waals surface area contributed by atoms with Crippen molar-refractivity contribution in [1.29, 1.82) is 0 Å². The van der Waals surface area contributed by atoms with Crippen LogP contribution in [0.5, 0.6) is 0 Å². The summed E-state index contributed by atoms with van der Waals surface area (Å²) in [4.78, 5) is 8.22. The molecule has 0 aliphatic rings. The molecule has 16 heavy (non-hydrogen) atoms. The Labute approximate surface area is 92.9 Å². The average Bonchev–Trinajstić information content (AvgIpc) is 2.81. The molecule has 0 aliphatic carbocycles. The Balaban J connectivity index is 2.40. The van der Waals surface area contributed by atoms with Crippen LogP contribution in [0.15, 0.2) is 30.7 Å². The molecule has 6 heteroatoms. The highest BCUT2D eigenvalue weighted by atomic mass is 16.7.